The molecule has 0 bridgehead atoms. The lowest BCUT2D eigenvalue weighted by Gasteiger charge is -2.11. The van der Waals surface area contributed by atoms with E-state index >= 15 is 0 Å². The van der Waals surface area contributed by atoms with Crippen LogP contribution >= 0.6 is 0 Å². The molecule has 7 heteroatoms. The van der Waals surface area contributed by atoms with Crippen molar-refractivity contribution >= 4 is 23.2 Å². The fraction of sp³-hybridized carbons (Fsp3) is 0.211. The minimum Gasteiger partial charge on any atom is -0.484 e. The zero-order chi connectivity index (χ0) is 18.7. The summed E-state index contributed by atoms with van der Waals surface area (Å²) in [7, 11) is 0. The van der Waals surface area contributed by atoms with E-state index in [9.17, 15) is 14.4 Å². The number of fused-ring (bicyclic) bond motifs is 1. The van der Waals surface area contributed by atoms with Gasteiger partial charge in [0.25, 0.3) is 5.91 Å². The molecule has 0 spiro atoms. The lowest BCUT2D eigenvalue weighted by atomic mass is 10.1. The molecule has 2 aromatic carbocycles. The summed E-state index contributed by atoms with van der Waals surface area (Å²) in [5.74, 6) is 0.707. The molecule has 0 fully saturated rings. The highest BCUT2D eigenvalue weighted by atomic mass is 16.7. The van der Waals surface area contributed by atoms with E-state index in [0.29, 0.717) is 34.1 Å². The molecule has 134 valence electrons. The molecule has 7 nitrogen and oxygen atoms in total. The molecule has 0 unspecified atom stereocenters. The van der Waals surface area contributed by atoms with Crippen molar-refractivity contribution in [2.24, 2.45) is 0 Å². The number of hydrogen-bond acceptors (Lipinski definition) is 6. The summed E-state index contributed by atoms with van der Waals surface area (Å²) in [4.78, 5) is 35.2. The van der Waals surface area contributed by atoms with Crippen LogP contribution in [-0.2, 0) is 4.79 Å². The van der Waals surface area contributed by atoms with Gasteiger partial charge in [0.05, 0.1) is 5.69 Å². The Bertz CT molecular complexity index is 872. The number of anilines is 1. The van der Waals surface area contributed by atoms with Crippen LogP contribution in [0.1, 0.15) is 34.6 Å². The summed E-state index contributed by atoms with van der Waals surface area (Å²) in [5.41, 5.74) is 1.23. The highest BCUT2D eigenvalue weighted by molar-refractivity contribution is 6.04. The van der Waals surface area contributed by atoms with Gasteiger partial charge in [-0.25, -0.2) is 0 Å². The first kappa shape index (κ1) is 17.5. The van der Waals surface area contributed by atoms with Crippen LogP contribution in [0.15, 0.2) is 36.4 Å². The maximum atomic E-state index is 12.2. The van der Waals surface area contributed by atoms with E-state index in [1.807, 2.05) is 0 Å². The van der Waals surface area contributed by atoms with E-state index in [0.717, 1.165) is 0 Å². The van der Waals surface area contributed by atoms with Crippen LogP contribution in [-0.4, -0.2) is 30.9 Å². The molecule has 1 aliphatic rings. The highest BCUT2D eigenvalue weighted by Gasteiger charge is 2.20. The predicted octanol–water partition coefficient (Wildman–Crippen LogP) is 2.84. The van der Waals surface area contributed by atoms with Crippen molar-refractivity contribution < 1.29 is 28.6 Å². The number of carbonyl (C=O) groups is 3. The van der Waals surface area contributed by atoms with Crippen molar-refractivity contribution in [2.75, 3.05) is 18.7 Å². The van der Waals surface area contributed by atoms with E-state index in [-0.39, 0.29) is 25.0 Å². The summed E-state index contributed by atoms with van der Waals surface area (Å²) in [5, 5.41) is 2.65. The fourth-order valence-corrected chi connectivity index (χ4v) is 2.46. The highest BCUT2D eigenvalue weighted by Crippen LogP contribution is 2.37. The van der Waals surface area contributed by atoms with E-state index in [1.165, 1.54) is 13.8 Å². The van der Waals surface area contributed by atoms with Crippen LogP contribution in [0.25, 0.3) is 0 Å². The van der Waals surface area contributed by atoms with Crippen LogP contribution < -0.4 is 19.5 Å². The molecule has 0 aliphatic carbocycles. The zero-order valence-electron chi connectivity index (χ0n) is 14.3. The summed E-state index contributed by atoms with van der Waals surface area (Å²) in [6, 6.07) is 9.58. The normalized spacial score (nSPS) is 11.8. The van der Waals surface area contributed by atoms with E-state index in [4.69, 9.17) is 14.2 Å². The Kier molecular flexibility index (Phi) is 4.88. The Morgan fingerprint density at radius 2 is 1.65 bits per heavy atom. The molecule has 1 aliphatic heterocycles. The van der Waals surface area contributed by atoms with E-state index < -0.39 is 5.91 Å². The van der Waals surface area contributed by atoms with Crippen LogP contribution in [0.5, 0.6) is 17.2 Å². The summed E-state index contributed by atoms with van der Waals surface area (Å²) < 4.78 is 15.9. The van der Waals surface area contributed by atoms with Crippen molar-refractivity contribution in [2.45, 2.75) is 13.8 Å². The molecule has 2 aromatic rings. The topological polar surface area (TPSA) is 90.9 Å². The van der Waals surface area contributed by atoms with Gasteiger partial charge in [-0.15, -0.1) is 0 Å². The third-order valence-corrected chi connectivity index (χ3v) is 3.80. The molecule has 0 saturated carbocycles. The minimum absolute atomic E-state index is 0.0473. The first-order valence-electron chi connectivity index (χ1n) is 7.92. The van der Waals surface area contributed by atoms with Crippen molar-refractivity contribution in [3.05, 3.63) is 47.5 Å². The second kappa shape index (κ2) is 7.26. The Hall–Kier alpha value is -3.35. The second-order valence-corrected chi connectivity index (χ2v) is 5.72. The first-order chi connectivity index (χ1) is 12.4. The summed E-state index contributed by atoms with van der Waals surface area (Å²) in [6.07, 6.45) is 0. The molecule has 1 N–H and O–H groups in total. The van der Waals surface area contributed by atoms with Gasteiger partial charge in [0.15, 0.2) is 29.7 Å². The Labute approximate surface area is 149 Å². The molecule has 0 saturated heterocycles. The number of ketones is 2. The van der Waals surface area contributed by atoms with E-state index in [2.05, 4.69) is 5.32 Å². The summed E-state index contributed by atoms with van der Waals surface area (Å²) in [6.45, 7) is 2.70. The van der Waals surface area contributed by atoms with Gasteiger partial charge in [-0.1, -0.05) is 0 Å². The van der Waals surface area contributed by atoms with Gasteiger partial charge in [-0.05, 0) is 44.2 Å². The van der Waals surface area contributed by atoms with Gasteiger partial charge in [-0.3, -0.25) is 14.4 Å². The van der Waals surface area contributed by atoms with Gasteiger partial charge < -0.3 is 19.5 Å². The number of amides is 1. The van der Waals surface area contributed by atoms with Crippen molar-refractivity contribution in [1.82, 2.24) is 0 Å². The number of Topliss-reactive ketones (excluding diaryl/α,β-unsaturated/α-hetero) is 2. The first-order valence-corrected chi connectivity index (χ1v) is 7.92. The van der Waals surface area contributed by atoms with Crippen LogP contribution in [0.2, 0.25) is 0 Å². The average molecular weight is 355 g/mol. The quantitative estimate of drug-likeness (QED) is 0.801. The van der Waals surface area contributed by atoms with Crippen LogP contribution in [0.3, 0.4) is 0 Å². The molecule has 3 rings (SSSR count). The van der Waals surface area contributed by atoms with Gasteiger partial charge >= 0.3 is 0 Å². The molecular weight excluding hydrogens is 338 g/mol. The van der Waals surface area contributed by atoms with Crippen molar-refractivity contribution in [3.63, 3.8) is 0 Å². The predicted molar refractivity (Wildman–Crippen MR) is 93.1 cm³/mol. The molecule has 0 aromatic heterocycles. The largest absolute Gasteiger partial charge is 0.484 e. The zero-order valence-corrected chi connectivity index (χ0v) is 14.3. The molecule has 26 heavy (non-hydrogen) atoms. The number of benzene rings is 2. The molecule has 0 radical (unpaired) electrons. The molecule has 0 atom stereocenters. The van der Waals surface area contributed by atoms with Gasteiger partial charge in [0, 0.05) is 17.2 Å². The maximum absolute atomic E-state index is 12.2. The maximum Gasteiger partial charge on any atom is 0.262 e. The fourth-order valence-electron chi connectivity index (χ4n) is 2.46. The average Bonchev–Trinajstić information content (AvgIpc) is 3.06. The molecular formula is C19H17NO6. The standard InChI is InChI=1S/C19H17NO6/c1-11(21)13-3-5-14(6-4-13)24-9-19(23)20-16-8-18-17(25-10-26-18)7-15(16)12(2)22/h3-8H,9-10H2,1-2H3,(H,20,23). The van der Waals surface area contributed by atoms with Gasteiger partial charge in [-0.2, -0.15) is 0 Å². The molecule has 1 amide bonds. The Morgan fingerprint density at radius 1 is 1.00 bits per heavy atom. The van der Waals surface area contributed by atoms with Crippen molar-refractivity contribution in [3.8, 4) is 17.2 Å². The van der Waals surface area contributed by atoms with Crippen LogP contribution in [0.4, 0.5) is 5.69 Å². The second-order valence-electron chi connectivity index (χ2n) is 5.72. The Morgan fingerprint density at radius 3 is 2.27 bits per heavy atom. The number of rotatable bonds is 6. The monoisotopic (exact) mass is 355 g/mol. The third-order valence-electron chi connectivity index (χ3n) is 3.80. The lowest BCUT2D eigenvalue weighted by molar-refractivity contribution is -0.118. The third kappa shape index (κ3) is 3.83. The number of nitrogens with one attached hydrogen (secondary N) is 1. The number of carbonyl (C=O) groups excluding carboxylic acids is 3. The van der Waals surface area contributed by atoms with Gasteiger partial charge in [0.2, 0.25) is 6.79 Å². The van der Waals surface area contributed by atoms with Crippen molar-refractivity contribution in [1.29, 1.82) is 0 Å². The lowest BCUT2D eigenvalue weighted by Crippen LogP contribution is -2.21. The Balaban J connectivity index is 1.66. The number of ether oxygens (including phenoxy) is 3. The minimum atomic E-state index is -0.429. The number of hydrogen-bond donors (Lipinski definition) is 1. The van der Waals surface area contributed by atoms with Crippen LogP contribution in [0, 0.1) is 0 Å². The molecule has 1 heterocycles. The smallest absolute Gasteiger partial charge is 0.262 e. The van der Waals surface area contributed by atoms with E-state index in [1.54, 1.807) is 36.4 Å². The van der Waals surface area contributed by atoms with Gasteiger partial charge in [0.1, 0.15) is 5.75 Å². The SMILES string of the molecule is CC(=O)c1ccc(OCC(=O)Nc2cc3c(cc2C(C)=O)OCO3)cc1. The summed E-state index contributed by atoms with van der Waals surface area (Å²) >= 11 is 0.